The van der Waals surface area contributed by atoms with Gasteiger partial charge in [0.1, 0.15) is 0 Å². The van der Waals surface area contributed by atoms with Crippen molar-refractivity contribution in [3.63, 3.8) is 0 Å². The first-order valence-corrected chi connectivity index (χ1v) is 7.10. The molecule has 0 aromatic heterocycles. The van der Waals surface area contributed by atoms with Crippen molar-refractivity contribution in [1.29, 1.82) is 0 Å². The van der Waals surface area contributed by atoms with Crippen molar-refractivity contribution in [3.05, 3.63) is 0 Å². The fourth-order valence-electron chi connectivity index (χ4n) is 3.23. The Morgan fingerprint density at radius 1 is 1.29 bits per heavy atom. The maximum Gasteiger partial charge on any atom is 0.227 e. The van der Waals surface area contributed by atoms with Crippen molar-refractivity contribution in [1.82, 2.24) is 5.32 Å². The second-order valence-electron chi connectivity index (χ2n) is 6.19. The molecule has 3 unspecified atom stereocenters. The van der Waals surface area contributed by atoms with Gasteiger partial charge in [-0.05, 0) is 31.1 Å². The Kier molecular flexibility index (Phi) is 3.76. The van der Waals surface area contributed by atoms with Crippen LogP contribution in [0.5, 0.6) is 0 Å². The molecule has 0 spiro atoms. The minimum Gasteiger partial charge on any atom is -0.353 e. The second kappa shape index (κ2) is 4.97. The summed E-state index contributed by atoms with van der Waals surface area (Å²) in [6, 6.07) is 0.371. The number of nitrogens with two attached hydrogens (primary N) is 1. The molecular formula is C14H26N2O. The quantitative estimate of drug-likeness (QED) is 0.790. The molecule has 3 nitrogen and oxygen atoms in total. The van der Waals surface area contributed by atoms with E-state index in [0.717, 1.165) is 31.6 Å². The summed E-state index contributed by atoms with van der Waals surface area (Å²) in [7, 11) is 0. The van der Waals surface area contributed by atoms with Crippen molar-refractivity contribution >= 4 is 5.91 Å². The zero-order valence-corrected chi connectivity index (χ0v) is 11.2. The Morgan fingerprint density at radius 3 is 2.53 bits per heavy atom. The molecule has 0 bridgehead atoms. The summed E-state index contributed by atoms with van der Waals surface area (Å²) in [5, 5.41) is 3.27. The lowest BCUT2D eigenvalue weighted by Crippen LogP contribution is -2.55. The fourth-order valence-corrected chi connectivity index (χ4v) is 3.23. The minimum absolute atomic E-state index is 0.220. The molecule has 0 aliphatic heterocycles. The Labute approximate surface area is 105 Å². The molecular weight excluding hydrogens is 212 g/mol. The zero-order chi connectivity index (χ0) is 12.5. The molecule has 2 aliphatic carbocycles. The summed E-state index contributed by atoms with van der Waals surface area (Å²) in [4.78, 5) is 12.3. The van der Waals surface area contributed by atoms with Gasteiger partial charge in [0.05, 0.1) is 5.41 Å². The van der Waals surface area contributed by atoms with Crippen LogP contribution in [0.3, 0.4) is 0 Å². The molecule has 0 radical (unpaired) electrons. The molecule has 0 aromatic carbocycles. The first-order valence-electron chi connectivity index (χ1n) is 7.10. The van der Waals surface area contributed by atoms with E-state index in [1.54, 1.807) is 0 Å². The van der Waals surface area contributed by atoms with Gasteiger partial charge in [0, 0.05) is 12.6 Å². The molecule has 3 heteroatoms. The van der Waals surface area contributed by atoms with Gasteiger partial charge in [0.2, 0.25) is 5.91 Å². The Bertz CT molecular complexity index is 280. The highest BCUT2D eigenvalue weighted by molar-refractivity contribution is 5.84. The van der Waals surface area contributed by atoms with Crippen LogP contribution in [0.2, 0.25) is 0 Å². The highest BCUT2D eigenvalue weighted by atomic mass is 16.2. The normalized spacial score (nSPS) is 36.1. The van der Waals surface area contributed by atoms with Gasteiger partial charge in [-0.3, -0.25) is 4.79 Å². The van der Waals surface area contributed by atoms with Crippen LogP contribution in [0.15, 0.2) is 0 Å². The molecule has 0 aromatic rings. The van der Waals surface area contributed by atoms with Crippen LogP contribution in [-0.4, -0.2) is 18.5 Å². The minimum atomic E-state index is -0.222. The van der Waals surface area contributed by atoms with Crippen molar-refractivity contribution in [2.24, 2.45) is 23.0 Å². The van der Waals surface area contributed by atoms with Gasteiger partial charge in [-0.2, -0.15) is 0 Å². The molecule has 2 fully saturated rings. The van der Waals surface area contributed by atoms with Gasteiger partial charge in [-0.1, -0.05) is 33.1 Å². The summed E-state index contributed by atoms with van der Waals surface area (Å²) < 4.78 is 0. The molecule has 2 aliphatic rings. The molecule has 0 saturated heterocycles. The number of carbonyl (C=O) groups is 1. The number of rotatable bonds is 3. The Hall–Kier alpha value is -0.570. The SMILES string of the molecule is CC1CCCC(NC(=O)C2(CN)CCC2)C1C. The molecule has 1 amide bonds. The lowest BCUT2D eigenvalue weighted by molar-refractivity contribution is -0.136. The van der Waals surface area contributed by atoms with Crippen LogP contribution in [-0.2, 0) is 4.79 Å². The summed E-state index contributed by atoms with van der Waals surface area (Å²) in [6.07, 6.45) is 6.79. The number of hydrogen-bond acceptors (Lipinski definition) is 2. The van der Waals surface area contributed by atoms with E-state index in [-0.39, 0.29) is 11.3 Å². The number of carbonyl (C=O) groups excluding carboxylic acids is 1. The predicted octanol–water partition coefficient (Wildman–Crippen LogP) is 2.06. The van der Waals surface area contributed by atoms with E-state index in [1.807, 2.05) is 0 Å². The highest BCUT2D eigenvalue weighted by Gasteiger charge is 2.44. The third-order valence-corrected chi connectivity index (χ3v) is 5.21. The van der Waals surface area contributed by atoms with Crippen molar-refractivity contribution < 1.29 is 4.79 Å². The average molecular weight is 238 g/mol. The highest BCUT2D eigenvalue weighted by Crippen LogP contribution is 2.40. The van der Waals surface area contributed by atoms with E-state index < -0.39 is 0 Å². The molecule has 2 rings (SSSR count). The van der Waals surface area contributed by atoms with Crippen LogP contribution >= 0.6 is 0 Å². The number of nitrogens with one attached hydrogen (secondary N) is 1. The van der Waals surface area contributed by atoms with Gasteiger partial charge >= 0.3 is 0 Å². The molecule has 0 heterocycles. The summed E-state index contributed by atoms with van der Waals surface area (Å²) in [5.41, 5.74) is 5.55. The van der Waals surface area contributed by atoms with E-state index in [0.29, 0.717) is 18.5 Å². The van der Waals surface area contributed by atoms with Crippen molar-refractivity contribution in [3.8, 4) is 0 Å². The lowest BCUT2D eigenvalue weighted by atomic mass is 9.67. The van der Waals surface area contributed by atoms with Gasteiger partial charge in [0.15, 0.2) is 0 Å². The smallest absolute Gasteiger partial charge is 0.227 e. The maximum absolute atomic E-state index is 12.3. The van der Waals surface area contributed by atoms with Crippen LogP contribution in [0.25, 0.3) is 0 Å². The number of amides is 1. The van der Waals surface area contributed by atoms with Gasteiger partial charge in [0.25, 0.3) is 0 Å². The van der Waals surface area contributed by atoms with E-state index in [1.165, 1.54) is 12.8 Å². The predicted molar refractivity (Wildman–Crippen MR) is 69.4 cm³/mol. The Balaban J connectivity index is 1.93. The molecule has 17 heavy (non-hydrogen) atoms. The maximum atomic E-state index is 12.3. The van der Waals surface area contributed by atoms with E-state index in [4.69, 9.17) is 5.73 Å². The van der Waals surface area contributed by atoms with Crippen molar-refractivity contribution in [2.75, 3.05) is 6.54 Å². The lowest BCUT2D eigenvalue weighted by Gasteiger charge is -2.42. The average Bonchev–Trinajstić information content (AvgIpc) is 2.24. The van der Waals surface area contributed by atoms with E-state index >= 15 is 0 Å². The van der Waals surface area contributed by atoms with Crippen LogP contribution in [0.4, 0.5) is 0 Å². The first kappa shape index (κ1) is 12.9. The first-order chi connectivity index (χ1) is 8.09. The third kappa shape index (κ3) is 2.35. The van der Waals surface area contributed by atoms with E-state index in [2.05, 4.69) is 19.2 Å². The van der Waals surface area contributed by atoms with Crippen LogP contribution < -0.4 is 11.1 Å². The molecule has 3 atom stereocenters. The Morgan fingerprint density at radius 2 is 2.00 bits per heavy atom. The monoisotopic (exact) mass is 238 g/mol. The summed E-state index contributed by atoms with van der Waals surface area (Å²) in [5.74, 6) is 1.55. The summed E-state index contributed by atoms with van der Waals surface area (Å²) in [6.45, 7) is 5.07. The standard InChI is InChI=1S/C14H26N2O/c1-10-5-3-6-12(11(10)2)16-13(17)14(9-15)7-4-8-14/h10-12H,3-9,15H2,1-2H3,(H,16,17). The summed E-state index contributed by atoms with van der Waals surface area (Å²) >= 11 is 0. The molecule has 2 saturated carbocycles. The van der Waals surface area contributed by atoms with Crippen LogP contribution in [0, 0.1) is 17.3 Å². The second-order valence-corrected chi connectivity index (χ2v) is 6.19. The molecule has 3 N–H and O–H groups in total. The fraction of sp³-hybridized carbons (Fsp3) is 0.929. The topological polar surface area (TPSA) is 55.1 Å². The van der Waals surface area contributed by atoms with Crippen molar-refractivity contribution in [2.45, 2.75) is 58.4 Å². The molecule has 98 valence electrons. The van der Waals surface area contributed by atoms with E-state index in [9.17, 15) is 4.79 Å². The number of hydrogen-bond donors (Lipinski definition) is 2. The van der Waals surface area contributed by atoms with Gasteiger partial charge < -0.3 is 11.1 Å². The van der Waals surface area contributed by atoms with Gasteiger partial charge in [-0.15, -0.1) is 0 Å². The van der Waals surface area contributed by atoms with Crippen LogP contribution in [0.1, 0.15) is 52.4 Å². The zero-order valence-electron chi connectivity index (χ0n) is 11.2. The largest absolute Gasteiger partial charge is 0.353 e. The third-order valence-electron chi connectivity index (χ3n) is 5.21. The van der Waals surface area contributed by atoms with Gasteiger partial charge in [-0.25, -0.2) is 0 Å².